The van der Waals surface area contributed by atoms with Gasteiger partial charge in [0.25, 0.3) is 5.91 Å². The van der Waals surface area contributed by atoms with Crippen molar-refractivity contribution in [3.8, 4) is 6.07 Å². The smallest absolute Gasteiger partial charge is 0.274 e. The fourth-order valence-electron chi connectivity index (χ4n) is 3.02. The maximum atomic E-state index is 13.6. The number of hydrogen-bond donors (Lipinski definition) is 0. The highest BCUT2D eigenvalue weighted by atomic mass is 35.5. The molecule has 0 radical (unpaired) electrons. The zero-order chi connectivity index (χ0) is 19.7. The highest BCUT2D eigenvalue weighted by Gasteiger charge is 2.25. The van der Waals surface area contributed by atoms with E-state index in [-0.39, 0.29) is 5.91 Å². The average molecular weight is 403 g/mol. The van der Waals surface area contributed by atoms with Crippen molar-refractivity contribution < 1.29 is 4.79 Å². The molecule has 1 heterocycles. The van der Waals surface area contributed by atoms with Gasteiger partial charge in [-0.15, -0.1) is 11.3 Å². The molecule has 0 unspecified atom stereocenters. The van der Waals surface area contributed by atoms with Gasteiger partial charge < -0.3 is 0 Å². The number of aryl methyl sites for hydroxylation is 1. The summed E-state index contributed by atoms with van der Waals surface area (Å²) in [5, 5.41) is 10.4. The fraction of sp³-hybridized carbons (Fsp3) is 0.0435. The van der Waals surface area contributed by atoms with Crippen molar-refractivity contribution in [2.45, 2.75) is 6.92 Å². The minimum Gasteiger partial charge on any atom is -0.276 e. The van der Waals surface area contributed by atoms with E-state index < -0.39 is 0 Å². The van der Waals surface area contributed by atoms with E-state index in [1.54, 1.807) is 29.2 Å². The van der Waals surface area contributed by atoms with Crippen LogP contribution in [0.5, 0.6) is 0 Å². The number of thiophene rings is 1. The van der Waals surface area contributed by atoms with E-state index in [0.29, 0.717) is 21.2 Å². The number of nitrogens with zero attached hydrogens (tertiary/aromatic N) is 2. The summed E-state index contributed by atoms with van der Waals surface area (Å²) in [5.41, 5.74) is 3.08. The molecule has 1 aromatic heterocycles. The van der Waals surface area contributed by atoms with E-state index in [2.05, 4.69) is 6.07 Å². The number of benzene rings is 3. The van der Waals surface area contributed by atoms with E-state index in [4.69, 9.17) is 16.9 Å². The highest BCUT2D eigenvalue weighted by Crippen LogP contribution is 2.38. The number of carbonyl (C=O) groups is 1. The molecule has 0 bridgehead atoms. The molecule has 1 amide bonds. The van der Waals surface area contributed by atoms with Crippen LogP contribution in [0.25, 0.3) is 10.1 Å². The lowest BCUT2D eigenvalue weighted by atomic mass is 10.1. The number of rotatable bonds is 3. The standard InChI is InChI=1S/C23H15ClN2OS/c1-15-6-10-17(11-7-15)26(18-12-8-16(14-25)9-13-18)23(27)22-21(24)19-4-2-3-5-20(19)28-22/h2-13H,1H3. The second-order valence-electron chi connectivity index (χ2n) is 6.38. The molecule has 0 fully saturated rings. The first-order valence-electron chi connectivity index (χ1n) is 8.67. The first-order valence-corrected chi connectivity index (χ1v) is 9.86. The second kappa shape index (κ2) is 7.47. The molecular formula is C23H15ClN2OS. The fourth-order valence-corrected chi connectivity index (χ4v) is 4.46. The van der Waals surface area contributed by atoms with Crippen molar-refractivity contribution in [1.29, 1.82) is 5.26 Å². The van der Waals surface area contributed by atoms with Gasteiger partial charge in [0.2, 0.25) is 0 Å². The summed E-state index contributed by atoms with van der Waals surface area (Å²) in [6, 6.07) is 24.5. The largest absolute Gasteiger partial charge is 0.276 e. The van der Waals surface area contributed by atoms with Crippen LogP contribution >= 0.6 is 22.9 Å². The second-order valence-corrected chi connectivity index (χ2v) is 7.81. The molecule has 136 valence electrons. The van der Waals surface area contributed by atoms with Crippen LogP contribution in [0.1, 0.15) is 20.8 Å². The molecule has 0 aliphatic rings. The third-order valence-electron chi connectivity index (χ3n) is 4.48. The molecule has 0 aliphatic heterocycles. The Bertz CT molecular complexity index is 1200. The average Bonchev–Trinajstić information content (AvgIpc) is 3.07. The number of nitriles is 1. The maximum Gasteiger partial charge on any atom is 0.274 e. The third-order valence-corrected chi connectivity index (χ3v) is 6.14. The van der Waals surface area contributed by atoms with Crippen molar-refractivity contribution in [2.24, 2.45) is 0 Å². The molecule has 0 saturated heterocycles. The Morgan fingerprint density at radius 2 is 1.57 bits per heavy atom. The van der Waals surface area contributed by atoms with Crippen LogP contribution in [-0.2, 0) is 0 Å². The number of carbonyl (C=O) groups excluding carboxylic acids is 1. The zero-order valence-corrected chi connectivity index (χ0v) is 16.6. The molecule has 0 aliphatic carbocycles. The molecule has 28 heavy (non-hydrogen) atoms. The Morgan fingerprint density at radius 1 is 0.964 bits per heavy atom. The molecule has 3 aromatic carbocycles. The monoisotopic (exact) mass is 402 g/mol. The summed E-state index contributed by atoms with van der Waals surface area (Å²) in [6.07, 6.45) is 0. The molecule has 4 aromatic rings. The molecule has 3 nitrogen and oxygen atoms in total. The van der Waals surface area contributed by atoms with Gasteiger partial charge in [-0.3, -0.25) is 9.69 Å². The summed E-state index contributed by atoms with van der Waals surface area (Å²) < 4.78 is 0.972. The maximum absolute atomic E-state index is 13.6. The van der Waals surface area contributed by atoms with Gasteiger partial charge in [-0.1, -0.05) is 47.5 Å². The molecule has 0 saturated carbocycles. The Kier molecular flexibility index (Phi) is 4.87. The third kappa shape index (κ3) is 3.27. The Balaban J connectivity index is 1.86. The van der Waals surface area contributed by atoms with Gasteiger partial charge in [0, 0.05) is 21.5 Å². The van der Waals surface area contributed by atoms with Gasteiger partial charge >= 0.3 is 0 Å². The van der Waals surface area contributed by atoms with Gasteiger partial charge in [-0.2, -0.15) is 5.26 Å². The van der Waals surface area contributed by atoms with E-state index in [0.717, 1.165) is 21.3 Å². The number of amides is 1. The van der Waals surface area contributed by atoms with E-state index >= 15 is 0 Å². The van der Waals surface area contributed by atoms with Crippen LogP contribution in [-0.4, -0.2) is 5.91 Å². The lowest BCUT2D eigenvalue weighted by Gasteiger charge is -2.23. The van der Waals surface area contributed by atoms with Crippen molar-refractivity contribution in [3.63, 3.8) is 0 Å². The van der Waals surface area contributed by atoms with Gasteiger partial charge in [0.05, 0.1) is 16.7 Å². The van der Waals surface area contributed by atoms with Gasteiger partial charge in [0.1, 0.15) is 4.88 Å². The molecule has 4 rings (SSSR count). The van der Waals surface area contributed by atoms with Crippen LogP contribution < -0.4 is 4.90 Å². The van der Waals surface area contributed by atoms with Gasteiger partial charge in [-0.25, -0.2) is 0 Å². The van der Waals surface area contributed by atoms with E-state index in [9.17, 15) is 4.79 Å². The van der Waals surface area contributed by atoms with Gasteiger partial charge in [-0.05, 0) is 49.4 Å². The Hall–Kier alpha value is -3.13. The SMILES string of the molecule is Cc1ccc(N(C(=O)c2sc3ccccc3c2Cl)c2ccc(C#N)cc2)cc1. The summed E-state index contributed by atoms with van der Waals surface area (Å²) in [6.45, 7) is 2.00. The minimum atomic E-state index is -0.195. The number of anilines is 2. The highest BCUT2D eigenvalue weighted by molar-refractivity contribution is 7.21. The predicted octanol–water partition coefficient (Wildman–Crippen LogP) is 6.71. The predicted molar refractivity (Wildman–Crippen MR) is 116 cm³/mol. The molecule has 0 N–H and O–H groups in total. The first kappa shape index (κ1) is 18.2. The molecule has 0 spiro atoms. The Morgan fingerprint density at radius 3 is 2.18 bits per heavy atom. The molecule has 0 atom stereocenters. The Labute approximate surface area is 172 Å². The summed E-state index contributed by atoms with van der Waals surface area (Å²) in [5.74, 6) is -0.195. The lowest BCUT2D eigenvalue weighted by molar-refractivity contribution is 0.100. The van der Waals surface area contributed by atoms with Crippen molar-refractivity contribution in [3.05, 3.63) is 93.8 Å². The van der Waals surface area contributed by atoms with Crippen molar-refractivity contribution >= 4 is 50.3 Å². The zero-order valence-electron chi connectivity index (χ0n) is 15.0. The number of halogens is 1. The van der Waals surface area contributed by atoms with E-state index in [1.807, 2.05) is 55.5 Å². The van der Waals surface area contributed by atoms with Crippen LogP contribution in [0.4, 0.5) is 11.4 Å². The van der Waals surface area contributed by atoms with Crippen LogP contribution in [0.3, 0.4) is 0 Å². The van der Waals surface area contributed by atoms with Gasteiger partial charge in [0.15, 0.2) is 0 Å². The summed E-state index contributed by atoms with van der Waals surface area (Å²) in [4.78, 5) is 15.7. The summed E-state index contributed by atoms with van der Waals surface area (Å²) in [7, 11) is 0. The van der Waals surface area contributed by atoms with Crippen LogP contribution in [0.15, 0.2) is 72.8 Å². The minimum absolute atomic E-state index is 0.195. The van der Waals surface area contributed by atoms with Crippen molar-refractivity contribution in [1.82, 2.24) is 0 Å². The van der Waals surface area contributed by atoms with E-state index in [1.165, 1.54) is 11.3 Å². The normalized spacial score (nSPS) is 10.6. The number of hydrogen-bond acceptors (Lipinski definition) is 3. The lowest BCUT2D eigenvalue weighted by Crippen LogP contribution is -2.25. The van der Waals surface area contributed by atoms with Crippen LogP contribution in [0.2, 0.25) is 5.02 Å². The number of fused-ring (bicyclic) bond motifs is 1. The summed E-state index contributed by atoms with van der Waals surface area (Å²) >= 11 is 7.95. The van der Waals surface area contributed by atoms with Crippen LogP contribution in [0, 0.1) is 18.3 Å². The quantitative estimate of drug-likeness (QED) is 0.382. The van der Waals surface area contributed by atoms with Crippen molar-refractivity contribution in [2.75, 3.05) is 4.90 Å². The first-order chi connectivity index (χ1) is 13.6. The molecule has 5 heteroatoms. The molecular weight excluding hydrogens is 388 g/mol. The topological polar surface area (TPSA) is 44.1 Å².